The van der Waals surface area contributed by atoms with Crippen LogP contribution in [0.25, 0.3) is 0 Å². The smallest absolute Gasteiger partial charge is 0.254 e. The fraction of sp³-hybridized carbons (Fsp3) is 0.625. The summed E-state index contributed by atoms with van der Waals surface area (Å²) >= 11 is 0. The first-order valence-electron chi connectivity index (χ1n) is 11.8. The Morgan fingerprint density at radius 3 is 2.41 bits per heavy atom. The third kappa shape index (κ3) is 3.89. The molecule has 0 atom stereocenters. The van der Waals surface area contributed by atoms with E-state index >= 15 is 0 Å². The fourth-order valence-corrected chi connectivity index (χ4v) is 5.60. The lowest BCUT2D eigenvalue weighted by Gasteiger charge is -2.38. The van der Waals surface area contributed by atoms with Gasteiger partial charge in [-0.15, -0.1) is 0 Å². The summed E-state index contributed by atoms with van der Waals surface area (Å²) in [5.41, 5.74) is 1.82. The number of likely N-dealkylation sites (tertiary alicyclic amines) is 2. The second kappa shape index (κ2) is 8.14. The first-order chi connectivity index (χ1) is 15.4. The summed E-state index contributed by atoms with van der Waals surface area (Å²) in [7, 11) is 1.46. The molecule has 1 spiro atoms. The molecule has 1 saturated carbocycles. The average molecular weight is 443 g/mol. The first-order valence-corrected chi connectivity index (χ1v) is 11.8. The van der Waals surface area contributed by atoms with Crippen molar-refractivity contribution in [2.45, 2.75) is 51.0 Å². The third-order valence-electron chi connectivity index (χ3n) is 7.92. The number of anilines is 1. The molecule has 5 rings (SSSR count). The molecule has 2 saturated heterocycles. The Balaban J connectivity index is 1.19. The molecule has 4 aliphatic rings. The third-order valence-corrected chi connectivity index (χ3v) is 7.92. The predicted octanol–water partition coefficient (Wildman–Crippen LogP) is 1.94. The second-order valence-corrected chi connectivity index (χ2v) is 9.87. The van der Waals surface area contributed by atoms with Crippen LogP contribution in [0.3, 0.4) is 0 Å². The highest BCUT2D eigenvalue weighted by Gasteiger charge is 2.45. The number of benzene rings is 1. The fourth-order valence-electron chi connectivity index (χ4n) is 5.60. The Labute approximate surface area is 187 Å². The molecule has 0 radical (unpaired) electrons. The van der Waals surface area contributed by atoms with Gasteiger partial charge in [0.25, 0.3) is 5.91 Å². The minimum Gasteiger partial charge on any atom is -0.355 e. The van der Waals surface area contributed by atoms with Crippen LogP contribution in [-0.2, 0) is 16.0 Å². The molecule has 32 heavy (non-hydrogen) atoms. The van der Waals surface area contributed by atoms with E-state index in [0.29, 0.717) is 23.2 Å². The highest BCUT2D eigenvalue weighted by molar-refractivity contribution is 6.04. The Kier molecular flexibility index (Phi) is 5.43. The summed E-state index contributed by atoms with van der Waals surface area (Å²) in [6.07, 6.45) is 6.65. The molecule has 172 valence electrons. The summed E-state index contributed by atoms with van der Waals surface area (Å²) in [4.78, 5) is 43.3. The number of nitrogens with zero attached hydrogens (tertiary/aromatic N) is 3. The van der Waals surface area contributed by atoms with E-state index in [4.69, 9.17) is 0 Å². The Morgan fingerprint density at radius 2 is 1.78 bits per heavy atom. The first kappa shape index (κ1) is 21.4. The molecule has 3 aliphatic heterocycles. The summed E-state index contributed by atoms with van der Waals surface area (Å²) in [5.74, 6) is -0.939. The van der Waals surface area contributed by atoms with Crippen molar-refractivity contribution in [3.8, 4) is 0 Å². The minimum absolute atomic E-state index is 0.00920. The van der Waals surface area contributed by atoms with E-state index in [2.05, 4.69) is 10.2 Å². The molecule has 1 aromatic carbocycles. The van der Waals surface area contributed by atoms with E-state index < -0.39 is 11.7 Å². The molecular formula is C24H31FN4O3. The van der Waals surface area contributed by atoms with Gasteiger partial charge >= 0.3 is 0 Å². The highest BCUT2D eigenvalue weighted by Crippen LogP contribution is 2.53. The highest BCUT2D eigenvalue weighted by atomic mass is 19.1. The van der Waals surface area contributed by atoms with Gasteiger partial charge in [-0.3, -0.25) is 19.3 Å². The molecule has 8 heteroatoms. The SMILES string of the molecule is CNC(=O)c1cc2c(cc1F)N(C1CCN(CC(=O)N3CCC4(CC3)CC4)CC1)C(=O)C2. The molecule has 3 heterocycles. The number of fused-ring (bicyclic) bond motifs is 1. The van der Waals surface area contributed by atoms with Crippen LogP contribution in [0.15, 0.2) is 12.1 Å². The van der Waals surface area contributed by atoms with Gasteiger partial charge in [-0.25, -0.2) is 4.39 Å². The van der Waals surface area contributed by atoms with Crippen molar-refractivity contribution in [2.75, 3.05) is 44.7 Å². The molecule has 0 bridgehead atoms. The summed E-state index contributed by atoms with van der Waals surface area (Å²) in [6.45, 7) is 3.70. The largest absolute Gasteiger partial charge is 0.355 e. The number of hydrogen-bond acceptors (Lipinski definition) is 4. The normalized spacial score (nSPS) is 22.9. The molecule has 1 N–H and O–H groups in total. The molecule has 1 aliphatic carbocycles. The quantitative estimate of drug-likeness (QED) is 0.774. The maximum Gasteiger partial charge on any atom is 0.254 e. The van der Waals surface area contributed by atoms with E-state index in [-0.39, 0.29) is 29.8 Å². The van der Waals surface area contributed by atoms with Gasteiger partial charge < -0.3 is 15.1 Å². The van der Waals surface area contributed by atoms with Gasteiger partial charge in [0.1, 0.15) is 5.82 Å². The topological polar surface area (TPSA) is 73.0 Å². The summed E-state index contributed by atoms with van der Waals surface area (Å²) in [6, 6.07) is 2.81. The van der Waals surface area contributed by atoms with Gasteiger partial charge in [-0.1, -0.05) is 0 Å². The van der Waals surface area contributed by atoms with Crippen molar-refractivity contribution < 1.29 is 18.8 Å². The maximum absolute atomic E-state index is 14.5. The molecule has 3 fully saturated rings. The van der Waals surface area contributed by atoms with Crippen LogP contribution in [0, 0.1) is 11.2 Å². The minimum atomic E-state index is -0.611. The maximum atomic E-state index is 14.5. The van der Waals surface area contributed by atoms with Crippen LogP contribution in [-0.4, -0.2) is 73.3 Å². The summed E-state index contributed by atoms with van der Waals surface area (Å²) in [5, 5.41) is 2.44. The number of halogens is 1. The molecule has 7 nitrogen and oxygen atoms in total. The molecule has 0 aromatic heterocycles. The Hall–Kier alpha value is -2.48. The Bertz CT molecular complexity index is 943. The van der Waals surface area contributed by atoms with E-state index in [0.717, 1.165) is 51.9 Å². The van der Waals surface area contributed by atoms with Gasteiger partial charge in [-0.2, -0.15) is 0 Å². The van der Waals surface area contributed by atoms with Crippen molar-refractivity contribution in [3.05, 3.63) is 29.1 Å². The van der Waals surface area contributed by atoms with Crippen molar-refractivity contribution in [2.24, 2.45) is 5.41 Å². The number of carbonyl (C=O) groups is 3. The molecule has 0 unspecified atom stereocenters. The number of hydrogen-bond donors (Lipinski definition) is 1. The van der Waals surface area contributed by atoms with Crippen LogP contribution >= 0.6 is 0 Å². The van der Waals surface area contributed by atoms with Gasteiger partial charge in [0.15, 0.2) is 0 Å². The van der Waals surface area contributed by atoms with Crippen molar-refractivity contribution in [1.29, 1.82) is 0 Å². The number of carbonyl (C=O) groups excluding carboxylic acids is 3. The lowest BCUT2D eigenvalue weighted by molar-refractivity contribution is -0.134. The van der Waals surface area contributed by atoms with Gasteiger partial charge in [0.05, 0.1) is 24.2 Å². The lowest BCUT2D eigenvalue weighted by Crippen LogP contribution is -2.50. The zero-order valence-electron chi connectivity index (χ0n) is 18.7. The van der Waals surface area contributed by atoms with Crippen molar-refractivity contribution >= 4 is 23.4 Å². The molecule has 3 amide bonds. The van der Waals surface area contributed by atoms with Gasteiger partial charge in [0, 0.05) is 39.3 Å². The van der Waals surface area contributed by atoms with E-state index in [1.54, 1.807) is 4.90 Å². The number of amides is 3. The van der Waals surface area contributed by atoms with Gasteiger partial charge in [-0.05, 0) is 61.6 Å². The van der Waals surface area contributed by atoms with E-state index in [1.807, 2.05) is 4.90 Å². The van der Waals surface area contributed by atoms with Crippen molar-refractivity contribution in [1.82, 2.24) is 15.1 Å². The summed E-state index contributed by atoms with van der Waals surface area (Å²) < 4.78 is 14.5. The zero-order chi connectivity index (χ0) is 22.5. The lowest BCUT2D eigenvalue weighted by atomic mass is 9.93. The second-order valence-electron chi connectivity index (χ2n) is 9.87. The van der Waals surface area contributed by atoms with Crippen LogP contribution in [0.1, 0.15) is 54.4 Å². The standard InChI is InChI=1S/C24H31FN4O3/c1-26-23(32)18-12-16-13-21(30)29(20(16)14-19(18)25)17-2-8-27(9-3-17)15-22(31)28-10-6-24(4-5-24)7-11-28/h12,14,17H,2-11,13,15H2,1H3,(H,26,32). The molecular weight excluding hydrogens is 411 g/mol. The van der Waals surface area contributed by atoms with Crippen LogP contribution in [0.4, 0.5) is 10.1 Å². The number of piperidine rings is 2. The van der Waals surface area contributed by atoms with Gasteiger partial charge in [0.2, 0.25) is 11.8 Å². The monoisotopic (exact) mass is 442 g/mol. The van der Waals surface area contributed by atoms with Crippen LogP contribution in [0.2, 0.25) is 0 Å². The van der Waals surface area contributed by atoms with E-state index in [1.165, 1.54) is 32.0 Å². The van der Waals surface area contributed by atoms with Crippen LogP contribution in [0.5, 0.6) is 0 Å². The van der Waals surface area contributed by atoms with Crippen molar-refractivity contribution in [3.63, 3.8) is 0 Å². The average Bonchev–Trinajstić information content (AvgIpc) is 3.46. The number of nitrogens with one attached hydrogen (secondary N) is 1. The zero-order valence-corrected chi connectivity index (χ0v) is 18.7. The predicted molar refractivity (Wildman–Crippen MR) is 118 cm³/mol. The van der Waals surface area contributed by atoms with E-state index in [9.17, 15) is 18.8 Å². The van der Waals surface area contributed by atoms with Crippen LogP contribution < -0.4 is 10.2 Å². The number of rotatable bonds is 4. The molecule has 1 aromatic rings. The Morgan fingerprint density at radius 1 is 1.09 bits per heavy atom.